The molecule has 1 fully saturated rings. The molecule has 1 saturated carbocycles. The molecule has 0 saturated heterocycles. The van der Waals surface area contributed by atoms with Gasteiger partial charge in [-0.15, -0.1) is 0 Å². The molecule has 0 aromatic heterocycles. The number of allylic oxidation sites excluding steroid dienone is 1. The predicted molar refractivity (Wildman–Crippen MR) is 82.9 cm³/mol. The molecular weight excluding hydrogens is 284 g/mol. The van der Waals surface area contributed by atoms with Crippen LogP contribution in [0.1, 0.15) is 48.5 Å². The SMILES string of the molecule is CCOC(=O)C(=C[C@@H]1[C@@H](C(=O)OC(C)(C)C)C1(C)C)OCC. The van der Waals surface area contributed by atoms with E-state index in [1.54, 1.807) is 19.9 Å². The molecule has 0 radical (unpaired) electrons. The molecule has 0 aliphatic heterocycles. The van der Waals surface area contributed by atoms with E-state index in [2.05, 4.69) is 0 Å². The van der Waals surface area contributed by atoms with Crippen molar-refractivity contribution < 1.29 is 23.8 Å². The Morgan fingerprint density at radius 2 is 1.64 bits per heavy atom. The van der Waals surface area contributed by atoms with E-state index in [1.807, 2.05) is 34.6 Å². The molecule has 126 valence electrons. The van der Waals surface area contributed by atoms with Gasteiger partial charge in [0.25, 0.3) is 0 Å². The van der Waals surface area contributed by atoms with Crippen LogP contribution < -0.4 is 0 Å². The highest BCUT2D eigenvalue weighted by Crippen LogP contribution is 2.60. The lowest BCUT2D eigenvalue weighted by Crippen LogP contribution is -2.26. The number of hydrogen-bond donors (Lipinski definition) is 0. The van der Waals surface area contributed by atoms with Crippen molar-refractivity contribution in [2.24, 2.45) is 17.3 Å². The summed E-state index contributed by atoms with van der Waals surface area (Å²) in [6.07, 6.45) is 1.70. The zero-order chi connectivity index (χ0) is 17.1. The topological polar surface area (TPSA) is 61.8 Å². The van der Waals surface area contributed by atoms with E-state index in [4.69, 9.17) is 14.2 Å². The molecule has 1 aliphatic rings. The van der Waals surface area contributed by atoms with Crippen LogP contribution in [0.25, 0.3) is 0 Å². The first kappa shape index (κ1) is 18.5. The third-order valence-corrected chi connectivity index (χ3v) is 3.68. The monoisotopic (exact) mass is 312 g/mol. The Labute approximate surface area is 133 Å². The van der Waals surface area contributed by atoms with Gasteiger partial charge in [-0.25, -0.2) is 4.79 Å². The second kappa shape index (κ2) is 6.71. The van der Waals surface area contributed by atoms with Crippen LogP contribution in [0.5, 0.6) is 0 Å². The predicted octanol–water partition coefficient (Wildman–Crippen LogP) is 3.08. The van der Waals surface area contributed by atoms with Crippen molar-refractivity contribution in [3.05, 3.63) is 11.8 Å². The lowest BCUT2D eigenvalue weighted by Gasteiger charge is -2.19. The fourth-order valence-corrected chi connectivity index (χ4v) is 2.50. The maximum absolute atomic E-state index is 12.3. The van der Waals surface area contributed by atoms with Crippen molar-refractivity contribution >= 4 is 11.9 Å². The molecule has 0 aromatic rings. The summed E-state index contributed by atoms with van der Waals surface area (Å²) in [6, 6.07) is 0. The molecule has 0 spiro atoms. The van der Waals surface area contributed by atoms with Crippen LogP contribution >= 0.6 is 0 Å². The summed E-state index contributed by atoms with van der Waals surface area (Å²) < 4.78 is 15.8. The minimum absolute atomic E-state index is 0.0895. The van der Waals surface area contributed by atoms with Gasteiger partial charge in [-0.2, -0.15) is 0 Å². The summed E-state index contributed by atoms with van der Waals surface area (Å²) in [4.78, 5) is 24.2. The van der Waals surface area contributed by atoms with Crippen LogP contribution in [0.3, 0.4) is 0 Å². The van der Waals surface area contributed by atoms with Crippen molar-refractivity contribution in [1.29, 1.82) is 0 Å². The van der Waals surface area contributed by atoms with Gasteiger partial charge < -0.3 is 14.2 Å². The van der Waals surface area contributed by atoms with Gasteiger partial charge in [0.15, 0.2) is 0 Å². The van der Waals surface area contributed by atoms with Crippen LogP contribution in [0, 0.1) is 17.3 Å². The minimum Gasteiger partial charge on any atom is -0.487 e. The summed E-state index contributed by atoms with van der Waals surface area (Å²) in [6.45, 7) is 13.7. The summed E-state index contributed by atoms with van der Waals surface area (Å²) >= 11 is 0. The first-order valence-electron chi connectivity index (χ1n) is 7.79. The standard InChI is InChI=1S/C17H28O5/c1-8-20-12(14(18)21-9-2)10-11-13(17(11,6)7)15(19)22-16(3,4)5/h10-11,13H,8-9H2,1-7H3/t11-,13+/m1/s1. The Morgan fingerprint density at radius 1 is 1.09 bits per heavy atom. The molecule has 0 N–H and O–H groups in total. The molecule has 0 heterocycles. The minimum atomic E-state index is -0.520. The first-order valence-corrected chi connectivity index (χ1v) is 7.79. The second-order valence-electron chi connectivity index (χ2n) is 7.04. The van der Waals surface area contributed by atoms with E-state index < -0.39 is 11.6 Å². The first-order chi connectivity index (χ1) is 10.0. The number of ether oxygens (including phenoxy) is 3. The van der Waals surface area contributed by atoms with Crippen LogP contribution in [0.4, 0.5) is 0 Å². The summed E-state index contributed by atoms with van der Waals surface area (Å²) in [5.41, 5.74) is -0.773. The summed E-state index contributed by atoms with van der Waals surface area (Å²) in [7, 11) is 0. The van der Waals surface area contributed by atoms with Gasteiger partial charge in [0.1, 0.15) is 5.60 Å². The summed E-state index contributed by atoms with van der Waals surface area (Å²) in [5, 5.41) is 0. The molecule has 1 aliphatic carbocycles. The molecule has 1 rings (SSSR count). The van der Waals surface area contributed by atoms with Crippen LogP contribution in [0.15, 0.2) is 11.8 Å². The third kappa shape index (κ3) is 4.49. The molecule has 0 unspecified atom stereocenters. The van der Waals surface area contributed by atoms with Gasteiger partial charge in [-0.05, 0) is 46.1 Å². The van der Waals surface area contributed by atoms with Crippen molar-refractivity contribution in [3.8, 4) is 0 Å². The van der Waals surface area contributed by atoms with E-state index >= 15 is 0 Å². The quantitative estimate of drug-likeness (QED) is 0.428. The van der Waals surface area contributed by atoms with Gasteiger partial charge in [0.2, 0.25) is 5.76 Å². The smallest absolute Gasteiger partial charge is 0.373 e. The molecule has 5 nitrogen and oxygen atoms in total. The van der Waals surface area contributed by atoms with Gasteiger partial charge in [0, 0.05) is 5.92 Å². The number of rotatable bonds is 6. The van der Waals surface area contributed by atoms with Crippen LogP contribution in [0.2, 0.25) is 0 Å². The lowest BCUT2D eigenvalue weighted by molar-refractivity contribution is -0.157. The number of carbonyl (C=O) groups is 2. The summed E-state index contributed by atoms with van der Waals surface area (Å²) in [5.74, 6) is -0.910. The number of hydrogen-bond acceptors (Lipinski definition) is 5. The highest BCUT2D eigenvalue weighted by molar-refractivity contribution is 5.87. The normalized spacial score (nSPS) is 23.7. The molecule has 0 amide bonds. The van der Waals surface area contributed by atoms with E-state index in [0.29, 0.717) is 6.61 Å². The number of esters is 2. The van der Waals surface area contributed by atoms with Gasteiger partial charge in [-0.3, -0.25) is 4.79 Å². The van der Waals surface area contributed by atoms with E-state index in [0.717, 1.165) is 0 Å². The average molecular weight is 312 g/mol. The molecule has 0 bridgehead atoms. The molecule has 22 heavy (non-hydrogen) atoms. The molecule has 2 atom stereocenters. The van der Waals surface area contributed by atoms with Gasteiger partial charge >= 0.3 is 11.9 Å². The second-order valence-corrected chi connectivity index (χ2v) is 7.04. The van der Waals surface area contributed by atoms with E-state index in [9.17, 15) is 9.59 Å². The third-order valence-electron chi connectivity index (χ3n) is 3.68. The Hall–Kier alpha value is -1.52. The number of carbonyl (C=O) groups excluding carboxylic acids is 2. The Morgan fingerprint density at radius 3 is 2.09 bits per heavy atom. The maximum Gasteiger partial charge on any atom is 0.373 e. The highest BCUT2D eigenvalue weighted by Gasteiger charge is 2.62. The zero-order valence-corrected chi connectivity index (χ0v) is 14.7. The zero-order valence-electron chi connectivity index (χ0n) is 14.7. The highest BCUT2D eigenvalue weighted by atomic mass is 16.6. The van der Waals surface area contributed by atoms with Crippen molar-refractivity contribution in [1.82, 2.24) is 0 Å². The van der Waals surface area contributed by atoms with E-state index in [-0.39, 0.29) is 35.6 Å². The van der Waals surface area contributed by atoms with Gasteiger partial charge in [-0.1, -0.05) is 13.8 Å². The maximum atomic E-state index is 12.3. The fraction of sp³-hybridized carbons (Fsp3) is 0.765. The van der Waals surface area contributed by atoms with Crippen molar-refractivity contribution in [3.63, 3.8) is 0 Å². The largest absolute Gasteiger partial charge is 0.487 e. The van der Waals surface area contributed by atoms with Gasteiger partial charge in [0.05, 0.1) is 19.1 Å². The Kier molecular flexibility index (Phi) is 5.65. The van der Waals surface area contributed by atoms with Crippen LogP contribution in [-0.2, 0) is 23.8 Å². The van der Waals surface area contributed by atoms with Crippen molar-refractivity contribution in [2.45, 2.75) is 54.1 Å². The lowest BCUT2D eigenvalue weighted by atomic mass is 10.1. The van der Waals surface area contributed by atoms with E-state index in [1.165, 1.54) is 0 Å². The fourth-order valence-electron chi connectivity index (χ4n) is 2.50. The molecular formula is C17H28O5. The Bertz CT molecular complexity index is 456. The molecule has 5 heteroatoms. The van der Waals surface area contributed by atoms with Crippen LogP contribution in [-0.4, -0.2) is 30.8 Å². The Balaban J connectivity index is 2.88. The average Bonchev–Trinajstić information content (AvgIpc) is 2.88. The van der Waals surface area contributed by atoms with Crippen molar-refractivity contribution in [2.75, 3.05) is 13.2 Å². The molecule has 0 aromatic carbocycles.